The Morgan fingerprint density at radius 1 is 1.17 bits per heavy atom. The van der Waals surface area contributed by atoms with Gasteiger partial charge in [-0.15, -0.1) is 0 Å². The number of piperazine rings is 1. The Morgan fingerprint density at radius 2 is 1.78 bits per heavy atom. The molecule has 0 aromatic rings. The van der Waals surface area contributed by atoms with Crippen molar-refractivity contribution in [3.63, 3.8) is 0 Å². The van der Waals surface area contributed by atoms with Gasteiger partial charge in [-0.1, -0.05) is 27.7 Å². The van der Waals surface area contributed by atoms with Gasteiger partial charge in [0.05, 0.1) is 0 Å². The van der Waals surface area contributed by atoms with Crippen molar-refractivity contribution in [2.45, 2.75) is 34.1 Å². The summed E-state index contributed by atoms with van der Waals surface area (Å²) in [6, 6.07) is 0. The lowest BCUT2D eigenvalue weighted by atomic mass is 9.86. The van der Waals surface area contributed by atoms with Gasteiger partial charge in [0.2, 0.25) is 0 Å². The summed E-state index contributed by atoms with van der Waals surface area (Å²) in [5.74, 6) is 0.745. The van der Waals surface area contributed by atoms with Gasteiger partial charge in [0, 0.05) is 39.3 Å². The third kappa shape index (κ3) is 5.68. The molecule has 1 heterocycles. The summed E-state index contributed by atoms with van der Waals surface area (Å²) in [6.45, 7) is 17.7. The Labute approximate surface area is 114 Å². The second-order valence-electron chi connectivity index (χ2n) is 6.77. The number of hydrogen-bond donors (Lipinski definition) is 1. The van der Waals surface area contributed by atoms with Crippen LogP contribution in [0.1, 0.15) is 34.1 Å². The van der Waals surface area contributed by atoms with Crippen LogP contribution in [0.4, 0.5) is 0 Å². The maximum atomic E-state index is 3.64. The van der Waals surface area contributed by atoms with Gasteiger partial charge in [-0.3, -0.25) is 0 Å². The van der Waals surface area contributed by atoms with E-state index in [0.29, 0.717) is 5.41 Å². The first kappa shape index (κ1) is 15.9. The zero-order valence-electron chi connectivity index (χ0n) is 13.1. The van der Waals surface area contributed by atoms with Gasteiger partial charge in [0.15, 0.2) is 0 Å². The van der Waals surface area contributed by atoms with Crippen molar-refractivity contribution in [3.8, 4) is 0 Å². The van der Waals surface area contributed by atoms with Crippen molar-refractivity contribution in [3.05, 3.63) is 0 Å². The summed E-state index contributed by atoms with van der Waals surface area (Å²) in [7, 11) is 2.22. The molecule has 0 aromatic heterocycles. The maximum absolute atomic E-state index is 3.64. The summed E-state index contributed by atoms with van der Waals surface area (Å²) in [6.07, 6.45) is 1.25. The fraction of sp³-hybridized carbons (Fsp3) is 1.00. The fourth-order valence-electron chi connectivity index (χ4n) is 2.50. The van der Waals surface area contributed by atoms with Crippen molar-refractivity contribution in [2.75, 3.05) is 52.9 Å². The van der Waals surface area contributed by atoms with Crippen LogP contribution in [0.25, 0.3) is 0 Å². The first-order chi connectivity index (χ1) is 8.45. The number of hydrogen-bond acceptors (Lipinski definition) is 3. The molecule has 0 aromatic carbocycles. The molecule has 0 radical (unpaired) electrons. The molecule has 0 bridgehead atoms. The Kier molecular flexibility index (Phi) is 6.61. The largest absolute Gasteiger partial charge is 0.316 e. The lowest BCUT2D eigenvalue weighted by Crippen LogP contribution is -2.50. The summed E-state index contributed by atoms with van der Waals surface area (Å²) in [5, 5.41) is 3.64. The van der Waals surface area contributed by atoms with Crippen molar-refractivity contribution < 1.29 is 0 Å². The maximum Gasteiger partial charge on any atom is 0.0110 e. The molecule has 18 heavy (non-hydrogen) atoms. The smallest absolute Gasteiger partial charge is 0.0110 e. The molecule has 1 aliphatic heterocycles. The molecule has 1 saturated heterocycles. The van der Waals surface area contributed by atoms with Gasteiger partial charge in [-0.25, -0.2) is 0 Å². The minimum Gasteiger partial charge on any atom is -0.316 e. The normalized spacial score (nSPS) is 22.3. The first-order valence-corrected chi connectivity index (χ1v) is 7.57. The van der Waals surface area contributed by atoms with Crippen LogP contribution in [0.3, 0.4) is 0 Å². The van der Waals surface area contributed by atoms with Gasteiger partial charge in [0.1, 0.15) is 0 Å². The van der Waals surface area contributed by atoms with E-state index in [1.165, 1.54) is 39.1 Å². The molecule has 108 valence electrons. The quantitative estimate of drug-likeness (QED) is 0.749. The average molecular weight is 255 g/mol. The number of nitrogens with one attached hydrogen (secondary N) is 1. The van der Waals surface area contributed by atoms with Gasteiger partial charge in [-0.05, 0) is 31.3 Å². The Bertz CT molecular complexity index is 222. The molecule has 1 atom stereocenters. The summed E-state index contributed by atoms with van der Waals surface area (Å²) < 4.78 is 0. The Hall–Kier alpha value is -0.120. The van der Waals surface area contributed by atoms with Crippen LogP contribution < -0.4 is 5.32 Å². The fourth-order valence-corrected chi connectivity index (χ4v) is 2.50. The van der Waals surface area contributed by atoms with E-state index < -0.39 is 0 Å². The highest BCUT2D eigenvalue weighted by Crippen LogP contribution is 2.22. The van der Waals surface area contributed by atoms with Crippen molar-refractivity contribution in [2.24, 2.45) is 11.3 Å². The summed E-state index contributed by atoms with van der Waals surface area (Å²) in [4.78, 5) is 5.07. The molecule has 1 fully saturated rings. The molecular formula is C15H33N3. The van der Waals surface area contributed by atoms with Crippen LogP contribution in [0.5, 0.6) is 0 Å². The van der Waals surface area contributed by atoms with Crippen LogP contribution in [0, 0.1) is 11.3 Å². The molecule has 1 N–H and O–H groups in total. The average Bonchev–Trinajstić information content (AvgIpc) is 2.32. The lowest BCUT2D eigenvalue weighted by molar-refractivity contribution is 0.0996. The van der Waals surface area contributed by atoms with Crippen LogP contribution in [0.15, 0.2) is 0 Å². The highest BCUT2D eigenvalue weighted by molar-refractivity contribution is 4.82. The van der Waals surface area contributed by atoms with E-state index >= 15 is 0 Å². The molecule has 0 amide bonds. The van der Waals surface area contributed by atoms with Crippen molar-refractivity contribution in [1.82, 2.24) is 15.1 Å². The predicted octanol–water partition coefficient (Wildman–Crippen LogP) is 1.90. The Balaban J connectivity index is 2.34. The molecule has 0 spiro atoms. The molecular weight excluding hydrogens is 222 g/mol. The van der Waals surface area contributed by atoms with Gasteiger partial charge < -0.3 is 15.1 Å². The third-order valence-electron chi connectivity index (χ3n) is 4.16. The Morgan fingerprint density at radius 3 is 2.28 bits per heavy atom. The van der Waals surface area contributed by atoms with Gasteiger partial charge in [-0.2, -0.15) is 0 Å². The topological polar surface area (TPSA) is 18.5 Å². The third-order valence-corrected chi connectivity index (χ3v) is 4.16. The summed E-state index contributed by atoms with van der Waals surface area (Å²) in [5.41, 5.74) is 0.421. The van der Waals surface area contributed by atoms with Gasteiger partial charge in [0.25, 0.3) is 0 Å². The molecule has 1 unspecified atom stereocenters. The number of likely N-dealkylation sites (N-methyl/N-ethyl adjacent to an activating group) is 1. The van der Waals surface area contributed by atoms with E-state index in [1.807, 2.05) is 0 Å². The summed E-state index contributed by atoms with van der Waals surface area (Å²) >= 11 is 0. The van der Waals surface area contributed by atoms with Crippen LogP contribution in [0.2, 0.25) is 0 Å². The second-order valence-corrected chi connectivity index (χ2v) is 6.77. The molecule has 0 aliphatic carbocycles. The van der Waals surface area contributed by atoms with Crippen molar-refractivity contribution in [1.29, 1.82) is 0 Å². The highest BCUT2D eigenvalue weighted by atomic mass is 15.2. The SMILES string of the molecule is CCC(C)(CNCC(C)C)CN1CCN(C)CC1. The monoisotopic (exact) mass is 255 g/mol. The molecule has 3 nitrogen and oxygen atoms in total. The first-order valence-electron chi connectivity index (χ1n) is 7.57. The number of nitrogens with zero attached hydrogens (tertiary/aromatic N) is 2. The molecule has 0 saturated carbocycles. The molecule has 1 aliphatic rings. The standard InChI is InChI=1S/C15H33N3/c1-6-15(4,12-16-11-14(2)3)13-18-9-7-17(5)8-10-18/h14,16H,6-13H2,1-5H3. The van der Waals surface area contributed by atoms with Crippen LogP contribution in [-0.2, 0) is 0 Å². The van der Waals surface area contributed by atoms with E-state index in [1.54, 1.807) is 0 Å². The van der Waals surface area contributed by atoms with E-state index in [0.717, 1.165) is 19.0 Å². The van der Waals surface area contributed by atoms with E-state index in [9.17, 15) is 0 Å². The molecule has 3 heteroatoms. The second kappa shape index (κ2) is 7.46. The van der Waals surface area contributed by atoms with Crippen LogP contribution >= 0.6 is 0 Å². The molecule has 1 rings (SSSR count). The minimum absolute atomic E-state index is 0.421. The van der Waals surface area contributed by atoms with Crippen molar-refractivity contribution >= 4 is 0 Å². The van der Waals surface area contributed by atoms with E-state index in [2.05, 4.69) is 49.9 Å². The lowest BCUT2D eigenvalue weighted by Gasteiger charge is -2.39. The predicted molar refractivity (Wildman–Crippen MR) is 80.0 cm³/mol. The zero-order chi connectivity index (χ0) is 13.6. The zero-order valence-corrected chi connectivity index (χ0v) is 13.1. The van der Waals surface area contributed by atoms with E-state index in [4.69, 9.17) is 0 Å². The van der Waals surface area contributed by atoms with Crippen LogP contribution in [-0.4, -0.2) is 62.7 Å². The number of rotatable bonds is 7. The minimum atomic E-state index is 0.421. The van der Waals surface area contributed by atoms with E-state index in [-0.39, 0.29) is 0 Å². The highest BCUT2D eigenvalue weighted by Gasteiger charge is 2.26. The van der Waals surface area contributed by atoms with Gasteiger partial charge >= 0.3 is 0 Å².